The number of rotatable bonds is 5. The van der Waals surface area contributed by atoms with Crippen LogP contribution in [0.5, 0.6) is 0 Å². The van der Waals surface area contributed by atoms with Crippen molar-refractivity contribution in [2.24, 2.45) is 0 Å². The first-order valence-electron chi connectivity index (χ1n) is 6.63. The third-order valence-electron chi connectivity index (χ3n) is 3.23. The van der Waals surface area contributed by atoms with E-state index in [4.69, 9.17) is 33.0 Å². The molecule has 0 unspecified atom stereocenters. The predicted molar refractivity (Wildman–Crippen MR) is 85.1 cm³/mol. The maximum atomic E-state index is 12.5. The van der Waals surface area contributed by atoms with Gasteiger partial charge in [-0.05, 0) is 13.1 Å². The summed E-state index contributed by atoms with van der Waals surface area (Å²) in [6.45, 7) is 1.65. The van der Waals surface area contributed by atoms with Crippen LogP contribution in [0.15, 0.2) is 6.07 Å². The summed E-state index contributed by atoms with van der Waals surface area (Å²) in [5.74, 6) is -1.08. The average Bonchev–Trinajstić information content (AvgIpc) is 2.76. The van der Waals surface area contributed by atoms with Crippen molar-refractivity contribution in [1.29, 1.82) is 0 Å². The second kappa shape index (κ2) is 7.61. The van der Waals surface area contributed by atoms with Crippen LogP contribution in [0.2, 0.25) is 8.67 Å². The van der Waals surface area contributed by atoms with Gasteiger partial charge in [0.25, 0.3) is 5.91 Å². The fourth-order valence-electron chi connectivity index (χ4n) is 2.31. The van der Waals surface area contributed by atoms with Crippen molar-refractivity contribution in [3.05, 3.63) is 20.3 Å². The highest BCUT2D eigenvalue weighted by Gasteiger charge is 2.28. The Hall–Kier alpha value is -0.860. The van der Waals surface area contributed by atoms with E-state index in [-0.39, 0.29) is 18.6 Å². The highest BCUT2D eigenvalue weighted by atomic mass is 35.5. The van der Waals surface area contributed by atoms with Crippen LogP contribution in [0.3, 0.4) is 0 Å². The van der Waals surface area contributed by atoms with Crippen LogP contribution in [-0.4, -0.2) is 72.7 Å². The van der Waals surface area contributed by atoms with Gasteiger partial charge in [-0.15, -0.1) is 11.3 Å². The average molecular weight is 367 g/mol. The Morgan fingerprint density at radius 2 is 2.27 bits per heavy atom. The number of carboxylic acid groups (broad SMARTS) is 1. The summed E-state index contributed by atoms with van der Waals surface area (Å²) in [5, 5.41) is 8.76. The lowest BCUT2D eigenvalue weighted by Crippen LogP contribution is -2.49. The fraction of sp³-hybridized carbons (Fsp3) is 0.538. The van der Waals surface area contributed by atoms with E-state index in [9.17, 15) is 9.59 Å². The van der Waals surface area contributed by atoms with Gasteiger partial charge in [-0.2, -0.15) is 0 Å². The lowest BCUT2D eigenvalue weighted by Gasteiger charge is -2.34. The van der Waals surface area contributed by atoms with Crippen molar-refractivity contribution in [3.63, 3.8) is 0 Å². The molecule has 1 aliphatic heterocycles. The number of halogens is 2. The van der Waals surface area contributed by atoms with Gasteiger partial charge < -0.3 is 14.7 Å². The van der Waals surface area contributed by atoms with Gasteiger partial charge in [0, 0.05) is 19.6 Å². The third-order valence-corrected chi connectivity index (χ3v) is 4.72. The topological polar surface area (TPSA) is 70.1 Å². The molecule has 0 aliphatic carbocycles. The van der Waals surface area contributed by atoms with Crippen molar-refractivity contribution in [2.75, 3.05) is 39.8 Å². The Kier molecular flexibility index (Phi) is 6.05. The second-order valence-electron chi connectivity index (χ2n) is 5.07. The van der Waals surface area contributed by atoms with E-state index >= 15 is 0 Å². The van der Waals surface area contributed by atoms with Crippen LogP contribution < -0.4 is 0 Å². The molecule has 1 saturated heterocycles. The Balaban J connectivity index is 1.96. The highest BCUT2D eigenvalue weighted by Crippen LogP contribution is 2.32. The molecule has 2 rings (SSSR count). The molecule has 1 amide bonds. The van der Waals surface area contributed by atoms with Crippen LogP contribution in [0.1, 0.15) is 10.4 Å². The summed E-state index contributed by atoms with van der Waals surface area (Å²) in [6.07, 6.45) is -0.227. The van der Waals surface area contributed by atoms with Gasteiger partial charge in [-0.25, -0.2) is 0 Å². The number of carbonyl (C=O) groups is 2. The number of morpholine rings is 1. The summed E-state index contributed by atoms with van der Waals surface area (Å²) in [6, 6.07) is 1.57. The molecule has 6 nitrogen and oxygen atoms in total. The Labute approximate surface area is 142 Å². The van der Waals surface area contributed by atoms with Crippen molar-refractivity contribution in [3.8, 4) is 0 Å². The predicted octanol–water partition coefficient (Wildman–Crippen LogP) is 1.91. The van der Waals surface area contributed by atoms with E-state index in [2.05, 4.69) is 0 Å². The number of amides is 1. The van der Waals surface area contributed by atoms with E-state index in [0.29, 0.717) is 40.5 Å². The minimum atomic E-state index is -0.897. The molecule has 2 heterocycles. The Morgan fingerprint density at radius 1 is 1.55 bits per heavy atom. The third kappa shape index (κ3) is 4.57. The number of ether oxygens (including phenoxy) is 1. The van der Waals surface area contributed by atoms with Gasteiger partial charge in [-0.3, -0.25) is 14.5 Å². The van der Waals surface area contributed by atoms with Crippen molar-refractivity contribution >= 4 is 46.4 Å². The van der Waals surface area contributed by atoms with Crippen molar-refractivity contribution < 1.29 is 19.4 Å². The number of carbonyl (C=O) groups excluding carboxylic acids is 1. The number of nitrogens with zero attached hydrogens (tertiary/aromatic N) is 2. The minimum Gasteiger partial charge on any atom is -0.480 e. The molecule has 1 aromatic rings. The first-order valence-corrected chi connectivity index (χ1v) is 8.20. The summed E-state index contributed by atoms with van der Waals surface area (Å²) in [7, 11) is 1.70. The molecule has 0 spiro atoms. The molecular formula is C13H16Cl2N2O4S. The molecule has 122 valence electrons. The van der Waals surface area contributed by atoms with Crippen LogP contribution in [0.25, 0.3) is 0 Å². The molecule has 0 aromatic carbocycles. The molecule has 1 fully saturated rings. The minimum absolute atomic E-state index is 0.0697. The number of thiophene rings is 1. The maximum absolute atomic E-state index is 12.5. The van der Waals surface area contributed by atoms with Crippen LogP contribution in [-0.2, 0) is 9.53 Å². The number of carboxylic acids is 1. The highest BCUT2D eigenvalue weighted by molar-refractivity contribution is 7.20. The lowest BCUT2D eigenvalue weighted by atomic mass is 10.2. The van der Waals surface area contributed by atoms with Crippen LogP contribution in [0, 0.1) is 0 Å². The molecule has 0 saturated carbocycles. The van der Waals surface area contributed by atoms with E-state index in [1.165, 1.54) is 0 Å². The molecule has 1 aliphatic rings. The molecule has 22 heavy (non-hydrogen) atoms. The zero-order chi connectivity index (χ0) is 16.3. The largest absolute Gasteiger partial charge is 0.480 e. The van der Waals surface area contributed by atoms with Crippen molar-refractivity contribution in [1.82, 2.24) is 9.80 Å². The lowest BCUT2D eigenvalue weighted by molar-refractivity contribution is -0.138. The zero-order valence-corrected chi connectivity index (χ0v) is 14.2. The van der Waals surface area contributed by atoms with Gasteiger partial charge in [0.1, 0.15) is 4.34 Å². The quantitative estimate of drug-likeness (QED) is 0.861. The van der Waals surface area contributed by atoms with Crippen molar-refractivity contribution in [2.45, 2.75) is 6.10 Å². The number of hydrogen-bond donors (Lipinski definition) is 1. The van der Waals surface area contributed by atoms with Gasteiger partial charge in [0.2, 0.25) is 0 Å². The maximum Gasteiger partial charge on any atom is 0.317 e. The molecule has 0 radical (unpaired) electrons. The smallest absolute Gasteiger partial charge is 0.317 e. The van der Waals surface area contributed by atoms with Gasteiger partial charge in [0.15, 0.2) is 0 Å². The molecule has 1 aromatic heterocycles. The normalized spacial score (nSPS) is 18.7. The molecule has 1 atom stereocenters. The monoisotopic (exact) mass is 366 g/mol. The standard InChI is InChI=1S/C13H16Cl2N2O4S/c1-16(7-11(18)19)5-8-6-17(2-3-21-8)13(20)9-4-10(14)22-12(9)15/h4,8H,2-3,5-7H2,1H3,(H,18,19)/t8-/m0/s1. The summed E-state index contributed by atoms with van der Waals surface area (Å²) < 4.78 is 6.44. The number of aliphatic carboxylic acids is 1. The summed E-state index contributed by atoms with van der Waals surface area (Å²) >= 11 is 13.0. The van der Waals surface area contributed by atoms with E-state index in [0.717, 1.165) is 11.3 Å². The Morgan fingerprint density at radius 3 is 2.86 bits per heavy atom. The first-order chi connectivity index (χ1) is 10.4. The fourth-order valence-corrected chi connectivity index (χ4v) is 3.76. The van der Waals surface area contributed by atoms with Crippen LogP contribution in [0.4, 0.5) is 0 Å². The van der Waals surface area contributed by atoms with E-state index < -0.39 is 5.97 Å². The summed E-state index contributed by atoms with van der Waals surface area (Å²) in [4.78, 5) is 26.5. The van der Waals surface area contributed by atoms with Gasteiger partial charge in [0.05, 0.1) is 29.2 Å². The van der Waals surface area contributed by atoms with Gasteiger partial charge in [-0.1, -0.05) is 23.2 Å². The summed E-state index contributed by atoms with van der Waals surface area (Å²) in [5.41, 5.74) is 0.399. The van der Waals surface area contributed by atoms with Crippen LogP contribution >= 0.6 is 34.5 Å². The SMILES string of the molecule is CN(CC(=O)O)C[C@H]1CN(C(=O)c2cc(Cl)sc2Cl)CCO1. The van der Waals surface area contributed by atoms with E-state index in [1.54, 1.807) is 22.9 Å². The first kappa shape index (κ1) is 17.5. The number of likely N-dealkylation sites (N-methyl/N-ethyl adjacent to an activating group) is 1. The molecule has 1 N–H and O–H groups in total. The Bertz CT molecular complexity index is 566. The number of hydrogen-bond acceptors (Lipinski definition) is 5. The van der Waals surface area contributed by atoms with Gasteiger partial charge >= 0.3 is 5.97 Å². The molecule has 9 heteroatoms. The second-order valence-corrected chi connectivity index (χ2v) is 7.36. The zero-order valence-electron chi connectivity index (χ0n) is 11.9. The molecule has 0 bridgehead atoms. The molecular weight excluding hydrogens is 351 g/mol. The van der Waals surface area contributed by atoms with E-state index in [1.807, 2.05) is 0 Å².